The highest BCUT2D eigenvalue weighted by Gasteiger charge is 2.51. The average molecular weight is 750 g/mol. The van der Waals surface area contributed by atoms with Crippen LogP contribution in [-0.2, 0) is 5.41 Å². The highest BCUT2D eigenvalue weighted by molar-refractivity contribution is 6.06. The molecule has 2 aliphatic carbocycles. The van der Waals surface area contributed by atoms with E-state index in [1.54, 1.807) is 0 Å². The lowest BCUT2D eigenvalue weighted by molar-refractivity contribution is 0.669. The highest BCUT2D eigenvalue weighted by Crippen LogP contribution is 2.63. The van der Waals surface area contributed by atoms with E-state index in [0.717, 1.165) is 39.0 Å². The van der Waals surface area contributed by atoms with Gasteiger partial charge >= 0.3 is 0 Å². The fourth-order valence-corrected chi connectivity index (χ4v) is 10.4. The third kappa shape index (κ3) is 4.57. The molecule has 0 amide bonds. The number of fused-ring (bicyclic) bond motifs is 15. The van der Waals surface area contributed by atoms with Gasteiger partial charge in [0.2, 0.25) is 0 Å². The van der Waals surface area contributed by atoms with Crippen LogP contribution in [0.2, 0.25) is 0 Å². The summed E-state index contributed by atoms with van der Waals surface area (Å²) in [5, 5.41) is 7.14. The van der Waals surface area contributed by atoms with Gasteiger partial charge in [-0.3, -0.25) is 0 Å². The number of furan rings is 1. The van der Waals surface area contributed by atoms with E-state index in [1.807, 2.05) is 6.07 Å². The van der Waals surface area contributed by atoms with Crippen molar-refractivity contribution in [3.05, 3.63) is 235 Å². The van der Waals surface area contributed by atoms with Gasteiger partial charge in [-0.15, -0.1) is 0 Å². The predicted octanol–water partition coefficient (Wildman–Crippen LogP) is 15.4. The lowest BCUT2D eigenvalue weighted by atomic mass is 9.70. The second-order valence-corrected chi connectivity index (χ2v) is 16.0. The van der Waals surface area contributed by atoms with Crippen molar-refractivity contribution in [3.63, 3.8) is 0 Å². The molecule has 1 heterocycles. The number of hydrogen-bond acceptors (Lipinski definition) is 2. The molecule has 11 aromatic rings. The summed E-state index contributed by atoms with van der Waals surface area (Å²) in [6.45, 7) is 0. The molecule has 0 bridgehead atoms. The quantitative estimate of drug-likeness (QED) is 0.178. The molecule has 2 nitrogen and oxygen atoms in total. The topological polar surface area (TPSA) is 16.4 Å². The Morgan fingerprint density at radius 1 is 0.305 bits per heavy atom. The molecule has 0 radical (unpaired) electrons. The molecule has 1 spiro atoms. The standard InChI is InChI=1S/C57H35NO/c1-2-12-37-31-38(22-21-36(37)11-1)39-23-24-41-33-42(26-25-40(41)32-39)58(44-28-30-50-49-16-6-10-20-55(49)59-56(50)35-44)43-27-29-48-47-15-5-9-19-53(47)57(54(48)34-43)51-17-7-3-13-45(51)46-14-4-8-18-52(46)57/h1-35H. The molecular formula is C57H35NO. The van der Waals surface area contributed by atoms with E-state index >= 15 is 0 Å². The summed E-state index contributed by atoms with van der Waals surface area (Å²) in [7, 11) is 0. The van der Waals surface area contributed by atoms with Gasteiger partial charge in [0, 0.05) is 33.9 Å². The maximum Gasteiger partial charge on any atom is 0.137 e. The zero-order valence-electron chi connectivity index (χ0n) is 32.1. The first-order valence-electron chi connectivity index (χ1n) is 20.4. The van der Waals surface area contributed by atoms with Crippen LogP contribution < -0.4 is 4.90 Å². The molecule has 0 unspecified atom stereocenters. The van der Waals surface area contributed by atoms with Crippen molar-refractivity contribution < 1.29 is 4.42 Å². The Hall–Kier alpha value is -7.68. The van der Waals surface area contributed by atoms with Crippen molar-refractivity contribution in [1.29, 1.82) is 0 Å². The number of anilines is 3. The van der Waals surface area contributed by atoms with E-state index in [0.29, 0.717) is 0 Å². The molecule has 0 aliphatic heterocycles. The lowest BCUT2D eigenvalue weighted by Crippen LogP contribution is -2.26. The maximum absolute atomic E-state index is 6.51. The average Bonchev–Trinajstić information content (AvgIpc) is 3.92. The minimum atomic E-state index is -0.438. The summed E-state index contributed by atoms with van der Waals surface area (Å²) in [6, 6.07) is 78.2. The second-order valence-electron chi connectivity index (χ2n) is 16.0. The fraction of sp³-hybridized carbons (Fsp3) is 0.0175. The van der Waals surface area contributed by atoms with Crippen molar-refractivity contribution in [1.82, 2.24) is 0 Å². The van der Waals surface area contributed by atoms with E-state index in [1.165, 1.54) is 77.2 Å². The van der Waals surface area contributed by atoms with Crippen LogP contribution in [0.15, 0.2) is 217 Å². The molecule has 274 valence electrons. The van der Waals surface area contributed by atoms with Gasteiger partial charge in [-0.1, -0.05) is 152 Å². The third-order valence-corrected chi connectivity index (χ3v) is 13.0. The summed E-state index contributed by atoms with van der Waals surface area (Å²) in [5.74, 6) is 0. The SMILES string of the molecule is c1ccc2c(c1)-c1ccccc1C21c2ccccc2-c2ccc(N(c3ccc4cc(-c5ccc6ccccc6c5)ccc4c3)c3ccc4c(c3)oc3ccccc34)cc21. The van der Waals surface area contributed by atoms with Crippen LogP contribution in [0.4, 0.5) is 17.1 Å². The zero-order valence-corrected chi connectivity index (χ0v) is 32.1. The Labute approximate surface area is 341 Å². The summed E-state index contributed by atoms with van der Waals surface area (Å²) in [6.07, 6.45) is 0. The first-order valence-corrected chi connectivity index (χ1v) is 20.4. The molecule has 59 heavy (non-hydrogen) atoms. The van der Waals surface area contributed by atoms with Crippen LogP contribution in [0.25, 0.3) is 76.9 Å². The second kappa shape index (κ2) is 12.2. The van der Waals surface area contributed by atoms with E-state index in [2.05, 4.69) is 211 Å². The molecule has 1 aromatic heterocycles. The Morgan fingerprint density at radius 2 is 0.780 bits per heavy atom. The van der Waals surface area contributed by atoms with Crippen molar-refractivity contribution in [2.75, 3.05) is 4.90 Å². The highest BCUT2D eigenvalue weighted by atomic mass is 16.3. The Balaban J connectivity index is 1.02. The number of hydrogen-bond donors (Lipinski definition) is 0. The van der Waals surface area contributed by atoms with Crippen molar-refractivity contribution in [2.24, 2.45) is 0 Å². The molecule has 0 atom stereocenters. The molecule has 0 saturated heterocycles. The molecule has 2 aliphatic rings. The lowest BCUT2D eigenvalue weighted by Gasteiger charge is -2.32. The van der Waals surface area contributed by atoms with E-state index in [9.17, 15) is 0 Å². The smallest absolute Gasteiger partial charge is 0.137 e. The summed E-state index contributed by atoms with van der Waals surface area (Å²) < 4.78 is 6.51. The number of nitrogens with zero attached hydrogens (tertiary/aromatic N) is 1. The third-order valence-electron chi connectivity index (χ3n) is 13.0. The van der Waals surface area contributed by atoms with Gasteiger partial charge in [0.1, 0.15) is 11.2 Å². The molecular weight excluding hydrogens is 715 g/mol. The van der Waals surface area contributed by atoms with Gasteiger partial charge in [-0.25, -0.2) is 0 Å². The van der Waals surface area contributed by atoms with Crippen LogP contribution in [0.3, 0.4) is 0 Å². The summed E-state index contributed by atoms with van der Waals surface area (Å²) in [4.78, 5) is 2.41. The number of para-hydroxylation sites is 1. The molecule has 0 fully saturated rings. The van der Waals surface area contributed by atoms with Crippen LogP contribution in [0, 0.1) is 0 Å². The maximum atomic E-state index is 6.51. The van der Waals surface area contributed by atoms with Gasteiger partial charge in [0.25, 0.3) is 0 Å². The Bertz CT molecular complexity index is 3470. The molecule has 13 rings (SSSR count). The summed E-state index contributed by atoms with van der Waals surface area (Å²) >= 11 is 0. The molecule has 2 heteroatoms. The molecule has 10 aromatic carbocycles. The van der Waals surface area contributed by atoms with Crippen molar-refractivity contribution in [2.45, 2.75) is 5.41 Å². The van der Waals surface area contributed by atoms with Crippen molar-refractivity contribution >= 4 is 60.5 Å². The van der Waals surface area contributed by atoms with Gasteiger partial charge in [0.05, 0.1) is 5.41 Å². The summed E-state index contributed by atoms with van der Waals surface area (Å²) in [5.41, 5.74) is 17.5. The number of benzene rings is 10. The molecule has 0 saturated carbocycles. The minimum Gasteiger partial charge on any atom is -0.456 e. The zero-order chi connectivity index (χ0) is 38.7. The number of rotatable bonds is 4. The minimum absolute atomic E-state index is 0.438. The van der Waals surface area contributed by atoms with Crippen molar-refractivity contribution in [3.8, 4) is 33.4 Å². The largest absolute Gasteiger partial charge is 0.456 e. The van der Waals surface area contributed by atoms with Gasteiger partial charge < -0.3 is 9.32 Å². The van der Waals surface area contributed by atoms with Crippen LogP contribution >= 0.6 is 0 Å². The fourth-order valence-electron chi connectivity index (χ4n) is 10.4. The van der Waals surface area contributed by atoms with Gasteiger partial charge in [0.15, 0.2) is 0 Å². The molecule has 0 N–H and O–H groups in total. The van der Waals surface area contributed by atoms with Crippen LogP contribution in [-0.4, -0.2) is 0 Å². The first-order chi connectivity index (χ1) is 29.2. The van der Waals surface area contributed by atoms with Crippen LogP contribution in [0.1, 0.15) is 22.3 Å². The van der Waals surface area contributed by atoms with Gasteiger partial charge in [-0.05, 0) is 132 Å². The first kappa shape index (κ1) is 32.4. The van der Waals surface area contributed by atoms with E-state index in [4.69, 9.17) is 4.42 Å². The van der Waals surface area contributed by atoms with Gasteiger partial charge in [-0.2, -0.15) is 0 Å². The van der Waals surface area contributed by atoms with E-state index in [-0.39, 0.29) is 0 Å². The monoisotopic (exact) mass is 749 g/mol. The Kier molecular flexibility index (Phi) is 6.68. The predicted molar refractivity (Wildman–Crippen MR) is 245 cm³/mol. The Morgan fingerprint density at radius 3 is 1.51 bits per heavy atom. The van der Waals surface area contributed by atoms with Crippen LogP contribution in [0.5, 0.6) is 0 Å². The van der Waals surface area contributed by atoms with E-state index < -0.39 is 5.41 Å². The normalized spacial score (nSPS) is 13.2.